The number of allylic oxidation sites excluding steroid dienone is 2. The van der Waals surface area contributed by atoms with Gasteiger partial charge in [0.2, 0.25) is 0 Å². The van der Waals surface area contributed by atoms with E-state index in [0.29, 0.717) is 6.92 Å². The molecule has 0 N–H and O–H groups in total. The molecule has 16 heavy (non-hydrogen) atoms. The highest BCUT2D eigenvalue weighted by molar-refractivity contribution is 5.32. The van der Waals surface area contributed by atoms with Crippen molar-refractivity contribution in [2.45, 2.75) is 24.9 Å². The molecule has 0 aromatic heterocycles. The zero-order valence-corrected chi connectivity index (χ0v) is 8.22. The Morgan fingerprint density at radius 1 is 1.31 bits per heavy atom. The van der Waals surface area contributed by atoms with Crippen LogP contribution in [-0.4, -0.2) is 18.0 Å². The van der Waals surface area contributed by atoms with Gasteiger partial charge in [0.1, 0.15) is 12.0 Å². The average Bonchev–Trinajstić information content (AvgIpc) is 2.98. The normalized spacial score (nSPS) is 51.7. The minimum Gasteiger partial charge on any atom is -0.244 e. The van der Waals surface area contributed by atoms with Gasteiger partial charge in [-0.3, -0.25) is 0 Å². The molecule has 1 saturated carbocycles. The van der Waals surface area contributed by atoms with Gasteiger partial charge in [0, 0.05) is 11.8 Å². The van der Waals surface area contributed by atoms with Gasteiger partial charge >= 0.3 is 0 Å². The average molecular weight is 237 g/mol. The molecule has 0 aromatic rings. The van der Waals surface area contributed by atoms with Crippen LogP contribution < -0.4 is 0 Å². The molecular weight excluding hydrogens is 229 g/mol. The van der Waals surface area contributed by atoms with E-state index in [2.05, 4.69) is 0 Å². The van der Waals surface area contributed by atoms with Gasteiger partial charge in [0.05, 0.1) is 12.0 Å². The zero-order valence-electron chi connectivity index (χ0n) is 8.22. The lowest BCUT2D eigenvalue weighted by Gasteiger charge is -2.24. The Kier molecular flexibility index (Phi) is 2.26. The maximum Gasteiger partial charge on any atom is 0.195 e. The molecule has 0 amide bonds. The van der Waals surface area contributed by atoms with Crippen molar-refractivity contribution in [2.24, 2.45) is 17.8 Å². The molecular formula is C10H8F5N. The molecule has 1 fully saturated rings. The van der Waals surface area contributed by atoms with Crippen molar-refractivity contribution in [3.8, 4) is 6.07 Å². The first-order valence-electron chi connectivity index (χ1n) is 4.76. The van der Waals surface area contributed by atoms with E-state index >= 15 is 0 Å². The van der Waals surface area contributed by atoms with Gasteiger partial charge in [0.15, 0.2) is 17.7 Å². The summed E-state index contributed by atoms with van der Waals surface area (Å²) in [6.45, 7) is 0.464. The topological polar surface area (TPSA) is 23.8 Å². The fourth-order valence-electron chi connectivity index (χ4n) is 2.22. The van der Waals surface area contributed by atoms with Crippen LogP contribution >= 0.6 is 0 Å². The Balaban J connectivity index is 2.47. The van der Waals surface area contributed by atoms with Crippen molar-refractivity contribution >= 4 is 0 Å². The second kappa shape index (κ2) is 3.19. The van der Waals surface area contributed by atoms with Gasteiger partial charge in [-0.2, -0.15) is 5.26 Å². The number of fused-ring (bicyclic) bond motifs is 1. The largest absolute Gasteiger partial charge is 0.244 e. The minimum absolute atomic E-state index is 0.464. The van der Waals surface area contributed by atoms with Crippen LogP contribution in [0.1, 0.15) is 6.92 Å². The number of nitrogens with zero attached hydrogens (tertiary/aromatic N) is 1. The van der Waals surface area contributed by atoms with Crippen LogP contribution in [0.15, 0.2) is 11.7 Å². The van der Waals surface area contributed by atoms with Crippen molar-refractivity contribution in [3.63, 3.8) is 0 Å². The first kappa shape index (κ1) is 11.4. The van der Waals surface area contributed by atoms with Crippen LogP contribution in [0.25, 0.3) is 0 Å². The van der Waals surface area contributed by atoms with E-state index < -0.39 is 47.4 Å². The Morgan fingerprint density at radius 3 is 2.38 bits per heavy atom. The molecule has 0 saturated heterocycles. The van der Waals surface area contributed by atoms with E-state index in [-0.39, 0.29) is 0 Å². The third kappa shape index (κ3) is 1.20. The molecule has 1 nitrogen and oxygen atoms in total. The number of hydrogen-bond donors (Lipinski definition) is 0. The maximum absolute atomic E-state index is 13.5. The van der Waals surface area contributed by atoms with Gasteiger partial charge in [0.25, 0.3) is 0 Å². The van der Waals surface area contributed by atoms with E-state index in [4.69, 9.17) is 5.26 Å². The molecule has 88 valence electrons. The molecule has 0 heterocycles. The highest BCUT2D eigenvalue weighted by Crippen LogP contribution is 2.60. The predicted octanol–water partition coefficient (Wildman–Crippen LogP) is 2.94. The lowest BCUT2D eigenvalue weighted by Crippen LogP contribution is -2.40. The summed E-state index contributed by atoms with van der Waals surface area (Å²) in [6, 6.07) is 1.57. The molecule has 0 aliphatic heterocycles. The number of nitriles is 1. The smallest absolute Gasteiger partial charge is 0.195 e. The standard InChI is InChI=1S/C10H8F5N/c1-10(15)8(13)6(11)4-3(2-16)5(4)7(12)9(10)14/h3-6,8H,1H3/t3?,4?,5-,6-,8?,10?/m1/s1. The van der Waals surface area contributed by atoms with Crippen LogP contribution in [-0.2, 0) is 0 Å². The van der Waals surface area contributed by atoms with Gasteiger partial charge in [-0.15, -0.1) is 0 Å². The van der Waals surface area contributed by atoms with Crippen LogP contribution in [0.3, 0.4) is 0 Å². The Bertz CT molecular complexity index is 397. The maximum atomic E-state index is 13.5. The second-order valence-electron chi connectivity index (χ2n) is 4.34. The van der Waals surface area contributed by atoms with Crippen molar-refractivity contribution in [1.82, 2.24) is 0 Å². The Morgan fingerprint density at radius 2 is 1.88 bits per heavy atom. The first-order chi connectivity index (χ1) is 7.34. The van der Waals surface area contributed by atoms with Crippen molar-refractivity contribution in [1.29, 1.82) is 5.26 Å². The van der Waals surface area contributed by atoms with E-state index in [1.807, 2.05) is 0 Å². The number of hydrogen-bond acceptors (Lipinski definition) is 1. The molecule has 2 aliphatic rings. The molecule has 0 aromatic carbocycles. The Hall–Kier alpha value is -1.12. The summed E-state index contributed by atoms with van der Waals surface area (Å²) in [7, 11) is 0. The summed E-state index contributed by atoms with van der Waals surface area (Å²) in [6.07, 6.45) is -5.14. The van der Waals surface area contributed by atoms with Crippen LogP contribution in [0.2, 0.25) is 0 Å². The molecule has 2 rings (SSSR count). The Labute approximate surface area is 88.5 Å². The van der Waals surface area contributed by atoms with E-state index in [1.54, 1.807) is 6.07 Å². The molecule has 0 radical (unpaired) electrons. The fraction of sp³-hybridized carbons (Fsp3) is 0.700. The SMILES string of the molecule is CC1(F)C(F)=C(F)[C@@H]2C(C#N)C2[C@@H](F)C1F. The zero-order chi connectivity index (χ0) is 12.2. The summed E-state index contributed by atoms with van der Waals surface area (Å²) in [5, 5.41) is 8.52. The van der Waals surface area contributed by atoms with E-state index in [1.165, 1.54) is 0 Å². The molecule has 4 unspecified atom stereocenters. The summed E-state index contributed by atoms with van der Waals surface area (Å²) in [5.74, 6) is -7.16. The monoisotopic (exact) mass is 237 g/mol. The van der Waals surface area contributed by atoms with Crippen molar-refractivity contribution < 1.29 is 22.0 Å². The van der Waals surface area contributed by atoms with Gasteiger partial charge in [-0.05, 0) is 6.92 Å². The number of halogens is 5. The molecule has 6 heteroatoms. The molecule has 0 spiro atoms. The van der Waals surface area contributed by atoms with Crippen molar-refractivity contribution in [2.75, 3.05) is 0 Å². The number of alkyl halides is 3. The number of rotatable bonds is 0. The molecule has 6 atom stereocenters. The second-order valence-corrected chi connectivity index (χ2v) is 4.34. The lowest BCUT2D eigenvalue weighted by atomic mass is 9.95. The highest BCUT2D eigenvalue weighted by atomic mass is 19.2. The van der Waals surface area contributed by atoms with E-state index in [0.717, 1.165) is 0 Å². The lowest BCUT2D eigenvalue weighted by molar-refractivity contribution is 0.0158. The van der Waals surface area contributed by atoms with Crippen LogP contribution in [0.4, 0.5) is 22.0 Å². The first-order valence-corrected chi connectivity index (χ1v) is 4.76. The summed E-state index contributed by atoms with van der Waals surface area (Å²) in [5.41, 5.74) is -3.29. The van der Waals surface area contributed by atoms with Crippen LogP contribution in [0.5, 0.6) is 0 Å². The van der Waals surface area contributed by atoms with Gasteiger partial charge in [-0.1, -0.05) is 0 Å². The van der Waals surface area contributed by atoms with Crippen LogP contribution in [0, 0.1) is 29.1 Å². The molecule has 2 aliphatic carbocycles. The highest BCUT2D eigenvalue weighted by Gasteiger charge is 2.66. The fourth-order valence-corrected chi connectivity index (χ4v) is 2.22. The summed E-state index contributed by atoms with van der Waals surface area (Å²) in [4.78, 5) is 0. The van der Waals surface area contributed by atoms with Gasteiger partial charge < -0.3 is 0 Å². The van der Waals surface area contributed by atoms with E-state index in [9.17, 15) is 22.0 Å². The predicted molar refractivity (Wildman–Crippen MR) is 44.6 cm³/mol. The quantitative estimate of drug-likeness (QED) is 0.594. The minimum atomic E-state index is -3.29. The summed E-state index contributed by atoms with van der Waals surface area (Å²) >= 11 is 0. The summed E-state index contributed by atoms with van der Waals surface area (Å²) < 4.78 is 66.8. The third-order valence-corrected chi connectivity index (χ3v) is 3.32. The third-order valence-electron chi connectivity index (χ3n) is 3.32. The molecule has 0 bridgehead atoms. The van der Waals surface area contributed by atoms with Crippen molar-refractivity contribution in [3.05, 3.63) is 11.7 Å². The van der Waals surface area contributed by atoms with Gasteiger partial charge in [-0.25, -0.2) is 22.0 Å².